The van der Waals surface area contributed by atoms with Crippen LogP contribution in [0.2, 0.25) is 5.02 Å². The maximum atomic E-state index is 5.98. The molecule has 2 saturated heterocycles. The molecule has 0 saturated carbocycles. The fourth-order valence-corrected chi connectivity index (χ4v) is 4.05. The summed E-state index contributed by atoms with van der Waals surface area (Å²) in [4.78, 5) is 5.23. The normalized spacial score (nSPS) is 21.7. The fourth-order valence-electron chi connectivity index (χ4n) is 3.92. The van der Waals surface area contributed by atoms with Crippen molar-refractivity contribution in [3.05, 3.63) is 46.7 Å². The number of piperazine rings is 1. The molecule has 2 aliphatic heterocycles. The molecule has 0 spiro atoms. The average molecular weight is 396 g/mol. The van der Waals surface area contributed by atoms with Gasteiger partial charge in [0.25, 0.3) is 0 Å². The smallest absolute Gasteiger partial charge is 0.0646 e. The number of hydrogen-bond acceptors (Lipinski definition) is 4. The van der Waals surface area contributed by atoms with Crippen LogP contribution < -0.4 is 5.32 Å². The van der Waals surface area contributed by atoms with Gasteiger partial charge in [-0.05, 0) is 37.6 Å². The van der Waals surface area contributed by atoms with Gasteiger partial charge in [-0.15, -0.1) is 12.4 Å². The highest BCUT2D eigenvalue weighted by molar-refractivity contribution is 6.30. The number of halogens is 2. The van der Waals surface area contributed by atoms with Crippen molar-refractivity contribution in [2.45, 2.75) is 25.9 Å². The minimum Gasteiger partial charge on any atom is -0.314 e. The Kier molecular flexibility index (Phi) is 6.59. The maximum absolute atomic E-state index is 5.98. The van der Waals surface area contributed by atoms with Gasteiger partial charge in [0.1, 0.15) is 0 Å². The van der Waals surface area contributed by atoms with E-state index in [1.54, 1.807) is 0 Å². The summed E-state index contributed by atoms with van der Waals surface area (Å²) < 4.78 is 1.96. The molecule has 0 amide bonds. The maximum Gasteiger partial charge on any atom is 0.0646 e. The van der Waals surface area contributed by atoms with Crippen LogP contribution in [-0.2, 0) is 6.54 Å². The zero-order chi connectivity index (χ0) is 17.2. The molecule has 142 valence electrons. The summed E-state index contributed by atoms with van der Waals surface area (Å²) in [7, 11) is 0. The van der Waals surface area contributed by atoms with E-state index in [0.717, 1.165) is 36.0 Å². The van der Waals surface area contributed by atoms with E-state index >= 15 is 0 Å². The van der Waals surface area contributed by atoms with Crippen LogP contribution in [0, 0.1) is 6.92 Å². The van der Waals surface area contributed by atoms with Crippen molar-refractivity contribution in [1.29, 1.82) is 0 Å². The second-order valence-corrected chi connectivity index (χ2v) is 7.56. The van der Waals surface area contributed by atoms with E-state index in [2.05, 4.69) is 33.3 Å². The van der Waals surface area contributed by atoms with Crippen LogP contribution in [-0.4, -0.2) is 64.9 Å². The van der Waals surface area contributed by atoms with Gasteiger partial charge >= 0.3 is 0 Å². The molecule has 2 fully saturated rings. The Hall–Kier alpha value is -1.11. The molecule has 0 aliphatic carbocycles. The summed E-state index contributed by atoms with van der Waals surface area (Å²) >= 11 is 5.98. The van der Waals surface area contributed by atoms with E-state index in [4.69, 9.17) is 11.6 Å². The van der Waals surface area contributed by atoms with Gasteiger partial charge in [0, 0.05) is 68.6 Å². The van der Waals surface area contributed by atoms with Gasteiger partial charge in [-0.3, -0.25) is 9.80 Å². The van der Waals surface area contributed by atoms with Crippen molar-refractivity contribution in [3.63, 3.8) is 0 Å². The molecule has 2 aliphatic rings. The van der Waals surface area contributed by atoms with Gasteiger partial charge in [0.05, 0.1) is 11.4 Å². The number of hydrogen-bond donors (Lipinski definition) is 1. The van der Waals surface area contributed by atoms with Crippen LogP contribution in [0.1, 0.15) is 17.7 Å². The lowest BCUT2D eigenvalue weighted by atomic mass is 10.2. The van der Waals surface area contributed by atoms with E-state index in [1.807, 2.05) is 28.9 Å². The van der Waals surface area contributed by atoms with Gasteiger partial charge in [-0.1, -0.05) is 11.6 Å². The summed E-state index contributed by atoms with van der Waals surface area (Å²) in [5.74, 6) is 0. The number of rotatable bonds is 4. The number of aromatic nitrogens is 2. The monoisotopic (exact) mass is 395 g/mol. The lowest BCUT2D eigenvalue weighted by molar-refractivity contribution is 0.170. The van der Waals surface area contributed by atoms with E-state index in [1.165, 1.54) is 38.2 Å². The molecule has 1 N–H and O–H groups in total. The lowest BCUT2D eigenvalue weighted by Gasteiger charge is -2.32. The van der Waals surface area contributed by atoms with Crippen LogP contribution in [0.3, 0.4) is 0 Å². The highest BCUT2D eigenvalue weighted by Crippen LogP contribution is 2.21. The van der Waals surface area contributed by atoms with Crippen LogP contribution in [0.25, 0.3) is 5.69 Å². The predicted molar refractivity (Wildman–Crippen MR) is 109 cm³/mol. The van der Waals surface area contributed by atoms with E-state index in [0.29, 0.717) is 6.04 Å². The standard InChI is InChI=1S/C19H26ClN5.ClH/c1-15-16(13-25(22-15)18-4-2-17(20)3-5-18)12-23-9-6-19(14-23)24-10-7-21-8-11-24;/h2-5,13,19,21H,6-12,14H2,1H3;1H. The van der Waals surface area contributed by atoms with E-state index < -0.39 is 0 Å². The summed E-state index contributed by atoms with van der Waals surface area (Å²) in [5, 5.41) is 8.89. The fraction of sp³-hybridized carbons (Fsp3) is 0.526. The van der Waals surface area contributed by atoms with Gasteiger partial charge in [-0.25, -0.2) is 4.68 Å². The summed E-state index contributed by atoms with van der Waals surface area (Å²) in [5.41, 5.74) is 3.48. The zero-order valence-electron chi connectivity index (χ0n) is 15.2. The number of nitrogens with one attached hydrogen (secondary N) is 1. The molecule has 1 aromatic heterocycles. The molecule has 4 rings (SSSR count). The Morgan fingerprint density at radius 1 is 1.15 bits per heavy atom. The summed E-state index contributed by atoms with van der Waals surface area (Å²) in [6, 6.07) is 8.55. The largest absolute Gasteiger partial charge is 0.314 e. The van der Waals surface area contributed by atoms with Gasteiger partial charge in [0.15, 0.2) is 0 Å². The second-order valence-electron chi connectivity index (χ2n) is 7.12. The predicted octanol–water partition coefficient (Wildman–Crippen LogP) is 2.74. The molecule has 1 unspecified atom stereocenters. The number of nitrogens with zero attached hydrogens (tertiary/aromatic N) is 4. The quantitative estimate of drug-likeness (QED) is 0.863. The molecule has 3 heterocycles. The van der Waals surface area contributed by atoms with Crippen molar-refractivity contribution >= 4 is 24.0 Å². The molecular formula is C19H27Cl2N5. The third-order valence-electron chi connectivity index (χ3n) is 5.40. The minimum atomic E-state index is 0. The van der Waals surface area contributed by atoms with Gasteiger partial charge in [0.2, 0.25) is 0 Å². The molecule has 1 atom stereocenters. The van der Waals surface area contributed by atoms with Crippen LogP contribution in [0.4, 0.5) is 0 Å². The van der Waals surface area contributed by atoms with Gasteiger partial charge in [-0.2, -0.15) is 5.10 Å². The van der Waals surface area contributed by atoms with Crippen molar-refractivity contribution < 1.29 is 0 Å². The summed E-state index contributed by atoms with van der Waals surface area (Å²) in [6.07, 6.45) is 3.45. The molecule has 5 nitrogen and oxygen atoms in total. The lowest BCUT2D eigenvalue weighted by Crippen LogP contribution is -2.49. The molecule has 0 bridgehead atoms. The number of benzene rings is 1. The van der Waals surface area contributed by atoms with Crippen molar-refractivity contribution in [3.8, 4) is 5.69 Å². The van der Waals surface area contributed by atoms with Crippen molar-refractivity contribution in [2.24, 2.45) is 0 Å². The molecule has 0 radical (unpaired) electrons. The minimum absolute atomic E-state index is 0. The first-order valence-electron chi connectivity index (χ1n) is 9.17. The Morgan fingerprint density at radius 3 is 2.62 bits per heavy atom. The number of likely N-dealkylation sites (tertiary alicyclic amines) is 1. The topological polar surface area (TPSA) is 36.3 Å². The Labute approximate surface area is 166 Å². The Balaban J connectivity index is 0.00000196. The average Bonchev–Trinajstić information content (AvgIpc) is 3.24. The second kappa shape index (κ2) is 8.72. The zero-order valence-corrected chi connectivity index (χ0v) is 16.8. The first-order chi connectivity index (χ1) is 12.2. The van der Waals surface area contributed by atoms with E-state index in [9.17, 15) is 0 Å². The van der Waals surface area contributed by atoms with Gasteiger partial charge < -0.3 is 5.32 Å². The first-order valence-corrected chi connectivity index (χ1v) is 9.55. The van der Waals surface area contributed by atoms with Crippen molar-refractivity contribution in [2.75, 3.05) is 39.3 Å². The molecular weight excluding hydrogens is 369 g/mol. The van der Waals surface area contributed by atoms with Crippen LogP contribution >= 0.6 is 24.0 Å². The molecule has 1 aromatic carbocycles. The highest BCUT2D eigenvalue weighted by Gasteiger charge is 2.28. The third-order valence-corrected chi connectivity index (χ3v) is 5.65. The highest BCUT2D eigenvalue weighted by atomic mass is 35.5. The first kappa shape index (κ1) is 19.6. The molecule has 26 heavy (non-hydrogen) atoms. The Morgan fingerprint density at radius 2 is 1.88 bits per heavy atom. The van der Waals surface area contributed by atoms with Crippen molar-refractivity contribution in [1.82, 2.24) is 24.9 Å². The third kappa shape index (κ3) is 4.41. The van der Waals surface area contributed by atoms with Crippen LogP contribution in [0.5, 0.6) is 0 Å². The SMILES string of the molecule is Cc1nn(-c2ccc(Cl)cc2)cc1CN1CCC(N2CCNCC2)C1.Cl. The molecule has 2 aromatic rings. The van der Waals surface area contributed by atoms with Crippen LogP contribution in [0.15, 0.2) is 30.5 Å². The molecule has 7 heteroatoms. The summed E-state index contributed by atoms with van der Waals surface area (Å²) in [6.45, 7) is 10.1. The van der Waals surface area contributed by atoms with E-state index in [-0.39, 0.29) is 12.4 Å². The number of aryl methyl sites for hydroxylation is 1. The Bertz CT molecular complexity index is 709.